The fourth-order valence-electron chi connectivity index (χ4n) is 1.41. The van der Waals surface area contributed by atoms with Gasteiger partial charge >= 0.3 is 6.18 Å². The zero-order valence-corrected chi connectivity index (χ0v) is 9.29. The maximum absolute atomic E-state index is 13.5. The number of aryl methyl sites for hydroxylation is 1. The van der Waals surface area contributed by atoms with Crippen LogP contribution < -0.4 is 5.32 Å². The number of anilines is 2. The van der Waals surface area contributed by atoms with Gasteiger partial charge in [0, 0.05) is 19.3 Å². The Morgan fingerprint density at radius 3 is 2.44 bits per heavy atom. The van der Waals surface area contributed by atoms with Crippen LogP contribution in [0.2, 0.25) is 0 Å². The van der Waals surface area contributed by atoms with E-state index in [1.165, 1.54) is 4.68 Å². The normalized spacial score (nSPS) is 11.6. The molecule has 0 fully saturated rings. The average Bonchev–Trinajstić information content (AvgIpc) is 2.65. The van der Waals surface area contributed by atoms with Crippen LogP contribution in [0.4, 0.5) is 29.1 Å². The number of hydrogen-bond donors (Lipinski definition) is 1. The monoisotopic (exact) mass is 259 g/mol. The van der Waals surface area contributed by atoms with Gasteiger partial charge in [0.1, 0.15) is 5.82 Å². The number of benzene rings is 1. The molecule has 2 aromatic rings. The van der Waals surface area contributed by atoms with Gasteiger partial charge in [-0.1, -0.05) is 0 Å². The molecule has 0 bridgehead atoms. The van der Waals surface area contributed by atoms with Crippen molar-refractivity contribution in [2.24, 2.45) is 7.05 Å². The molecule has 0 saturated heterocycles. The second-order valence-electron chi connectivity index (χ2n) is 3.69. The minimum absolute atomic E-state index is 0.0540. The Labute approximate surface area is 100 Å². The van der Waals surface area contributed by atoms with Crippen LogP contribution in [0.5, 0.6) is 0 Å². The molecule has 18 heavy (non-hydrogen) atoms. The minimum Gasteiger partial charge on any atom is -0.336 e. The minimum atomic E-state index is -4.55. The molecule has 0 amide bonds. The highest BCUT2D eigenvalue weighted by Crippen LogP contribution is 2.31. The van der Waals surface area contributed by atoms with Gasteiger partial charge in [-0.2, -0.15) is 18.3 Å². The van der Waals surface area contributed by atoms with E-state index in [-0.39, 0.29) is 5.69 Å². The predicted molar refractivity (Wildman–Crippen MR) is 57.9 cm³/mol. The van der Waals surface area contributed by atoms with Crippen LogP contribution in [0.1, 0.15) is 5.56 Å². The second kappa shape index (κ2) is 4.32. The lowest BCUT2D eigenvalue weighted by molar-refractivity contribution is -0.137. The standard InChI is InChI=1S/C11H9F4N3/c1-18-5-4-10(17-18)16-9-3-2-7(6-8(9)12)11(13,14)15/h2-6H,1H3,(H,16,17). The summed E-state index contributed by atoms with van der Waals surface area (Å²) >= 11 is 0. The summed E-state index contributed by atoms with van der Waals surface area (Å²) in [5, 5.41) is 6.53. The molecule has 0 saturated carbocycles. The molecule has 1 heterocycles. The van der Waals surface area contributed by atoms with Gasteiger partial charge in [-0.05, 0) is 18.2 Å². The van der Waals surface area contributed by atoms with Crippen molar-refractivity contribution >= 4 is 11.5 Å². The van der Waals surface area contributed by atoms with Gasteiger partial charge in [-0.15, -0.1) is 0 Å². The summed E-state index contributed by atoms with van der Waals surface area (Å²) in [4.78, 5) is 0. The van der Waals surface area contributed by atoms with Crippen LogP contribution in [0.3, 0.4) is 0 Å². The van der Waals surface area contributed by atoms with Crippen LogP contribution in [-0.4, -0.2) is 9.78 Å². The highest BCUT2D eigenvalue weighted by atomic mass is 19.4. The summed E-state index contributed by atoms with van der Waals surface area (Å²) in [6.07, 6.45) is -2.92. The summed E-state index contributed by atoms with van der Waals surface area (Å²) in [5.74, 6) is -0.619. The van der Waals surface area contributed by atoms with Crippen molar-refractivity contribution in [3.8, 4) is 0 Å². The summed E-state index contributed by atoms with van der Waals surface area (Å²) in [6.45, 7) is 0. The summed E-state index contributed by atoms with van der Waals surface area (Å²) in [6, 6.07) is 3.88. The summed E-state index contributed by atoms with van der Waals surface area (Å²) < 4.78 is 51.9. The molecule has 0 radical (unpaired) electrons. The third kappa shape index (κ3) is 2.61. The lowest BCUT2D eigenvalue weighted by atomic mass is 10.2. The quantitative estimate of drug-likeness (QED) is 0.838. The van der Waals surface area contributed by atoms with E-state index in [1.807, 2.05) is 0 Å². The average molecular weight is 259 g/mol. The largest absolute Gasteiger partial charge is 0.416 e. The lowest BCUT2D eigenvalue weighted by Crippen LogP contribution is -2.06. The molecular weight excluding hydrogens is 250 g/mol. The first-order chi connectivity index (χ1) is 8.36. The smallest absolute Gasteiger partial charge is 0.336 e. The van der Waals surface area contributed by atoms with E-state index in [2.05, 4.69) is 10.4 Å². The van der Waals surface area contributed by atoms with E-state index >= 15 is 0 Å². The number of aromatic nitrogens is 2. The Balaban J connectivity index is 2.25. The summed E-state index contributed by atoms with van der Waals surface area (Å²) in [5.41, 5.74) is -1.08. The highest BCUT2D eigenvalue weighted by molar-refractivity contribution is 5.57. The van der Waals surface area contributed by atoms with Crippen molar-refractivity contribution in [2.75, 3.05) is 5.32 Å². The molecular formula is C11H9F4N3. The number of alkyl halides is 3. The molecule has 1 N–H and O–H groups in total. The Hall–Kier alpha value is -2.05. The SMILES string of the molecule is Cn1ccc(Nc2ccc(C(F)(F)F)cc2F)n1. The zero-order valence-electron chi connectivity index (χ0n) is 9.29. The lowest BCUT2D eigenvalue weighted by Gasteiger charge is -2.09. The van der Waals surface area contributed by atoms with E-state index in [4.69, 9.17) is 0 Å². The third-order valence-corrected chi connectivity index (χ3v) is 2.27. The van der Waals surface area contributed by atoms with Crippen LogP contribution in [-0.2, 0) is 13.2 Å². The molecule has 0 spiro atoms. The highest BCUT2D eigenvalue weighted by Gasteiger charge is 2.31. The van der Waals surface area contributed by atoms with Crippen molar-refractivity contribution in [2.45, 2.75) is 6.18 Å². The van der Waals surface area contributed by atoms with Crippen molar-refractivity contribution in [1.82, 2.24) is 9.78 Å². The Morgan fingerprint density at radius 1 is 1.22 bits per heavy atom. The van der Waals surface area contributed by atoms with Crippen LogP contribution in [0.25, 0.3) is 0 Å². The number of rotatable bonds is 2. The first kappa shape index (κ1) is 12.4. The van der Waals surface area contributed by atoms with Gasteiger partial charge in [-0.25, -0.2) is 4.39 Å². The van der Waals surface area contributed by atoms with Crippen LogP contribution >= 0.6 is 0 Å². The summed E-state index contributed by atoms with van der Waals surface area (Å²) in [7, 11) is 1.67. The first-order valence-corrected chi connectivity index (χ1v) is 4.99. The van der Waals surface area contributed by atoms with Gasteiger partial charge in [0.2, 0.25) is 0 Å². The topological polar surface area (TPSA) is 29.9 Å². The van der Waals surface area contributed by atoms with Crippen LogP contribution in [0, 0.1) is 5.82 Å². The maximum atomic E-state index is 13.5. The van der Waals surface area contributed by atoms with Gasteiger partial charge in [0.25, 0.3) is 0 Å². The molecule has 7 heteroatoms. The maximum Gasteiger partial charge on any atom is 0.416 e. The molecule has 96 valence electrons. The Bertz CT molecular complexity index is 560. The van der Waals surface area contributed by atoms with Crippen LogP contribution in [0.15, 0.2) is 30.5 Å². The molecule has 1 aromatic heterocycles. The molecule has 0 aliphatic rings. The van der Waals surface area contributed by atoms with E-state index in [9.17, 15) is 17.6 Å². The van der Waals surface area contributed by atoms with Crippen molar-refractivity contribution in [1.29, 1.82) is 0 Å². The second-order valence-corrected chi connectivity index (χ2v) is 3.69. The first-order valence-electron chi connectivity index (χ1n) is 4.99. The number of halogens is 4. The van der Waals surface area contributed by atoms with E-state index in [1.54, 1.807) is 19.3 Å². The van der Waals surface area contributed by atoms with Crippen molar-refractivity contribution in [3.05, 3.63) is 41.8 Å². The molecule has 2 rings (SSSR count). The van der Waals surface area contributed by atoms with E-state index in [0.717, 1.165) is 12.1 Å². The third-order valence-electron chi connectivity index (χ3n) is 2.27. The number of hydrogen-bond acceptors (Lipinski definition) is 2. The molecule has 1 aromatic carbocycles. The molecule has 0 unspecified atom stereocenters. The molecule has 0 atom stereocenters. The molecule has 0 aliphatic carbocycles. The molecule has 3 nitrogen and oxygen atoms in total. The van der Waals surface area contributed by atoms with Crippen molar-refractivity contribution < 1.29 is 17.6 Å². The zero-order chi connectivity index (χ0) is 13.3. The predicted octanol–water partition coefficient (Wildman–Crippen LogP) is 3.32. The number of nitrogens with one attached hydrogen (secondary N) is 1. The number of nitrogens with zero attached hydrogens (tertiary/aromatic N) is 2. The van der Waals surface area contributed by atoms with E-state index < -0.39 is 17.6 Å². The van der Waals surface area contributed by atoms with Crippen molar-refractivity contribution in [3.63, 3.8) is 0 Å². The van der Waals surface area contributed by atoms with E-state index in [0.29, 0.717) is 11.9 Å². The Morgan fingerprint density at radius 2 is 1.94 bits per heavy atom. The Kier molecular flexibility index (Phi) is 2.98. The van der Waals surface area contributed by atoms with Gasteiger partial charge in [0.05, 0.1) is 11.3 Å². The van der Waals surface area contributed by atoms with Gasteiger partial charge in [0.15, 0.2) is 5.82 Å². The van der Waals surface area contributed by atoms with Gasteiger partial charge < -0.3 is 5.32 Å². The fraction of sp³-hybridized carbons (Fsp3) is 0.182. The molecule has 0 aliphatic heterocycles. The van der Waals surface area contributed by atoms with Gasteiger partial charge in [-0.3, -0.25) is 4.68 Å². The fourth-order valence-corrected chi connectivity index (χ4v) is 1.41.